The fourth-order valence-corrected chi connectivity index (χ4v) is 3.14. The maximum Gasteiger partial charge on any atom is 0.389 e. The molecule has 102 valence electrons. The molecule has 0 saturated heterocycles. The first-order chi connectivity index (χ1) is 7.87. The Morgan fingerprint density at radius 2 is 2.12 bits per heavy atom. The van der Waals surface area contributed by atoms with E-state index in [9.17, 15) is 13.2 Å². The lowest BCUT2D eigenvalue weighted by atomic mass is 9.80. The molecule has 0 aliphatic heterocycles. The van der Waals surface area contributed by atoms with Crippen LogP contribution in [0.4, 0.5) is 13.2 Å². The van der Waals surface area contributed by atoms with Gasteiger partial charge in [-0.2, -0.15) is 13.2 Å². The van der Waals surface area contributed by atoms with Gasteiger partial charge in [0.15, 0.2) is 0 Å². The summed E-state index contributed by atoms with van der Waals surface area (Å²) < 4.78 is 41.7. The molecule has 1 saturated carbocycles. The van der Waals surface area contributed by atoms with E-state index in [0.29, 0.717) is 5.92 Å². The van der Waals surface area contributed by atoms with Crippen LogP contribution in [0.2, 0.25) is 0 Å². The van der Waals surface area contributed by atoms with Gasteiger partial charge in [0.25, 0.3) is 0 Å². The Bertz CT molecular complexity index is 232. The van der Waals surface area contributed by atoms with Crippen LogP contribution >= 0.6 is 15.9 Å². The second-order valence-electron chi connectivity index (χ2n) is 5.09. The molecule has 0 aromatic carbocycles. The minimum Gasteiger partial charge on any atom is -0.374 e. The second-order valence-corrected chi connectivity index (χ2v) is 5.65. The van der Waals surface area contributed by atoms with Crippen LogP contribution in [0.5, 0.6) is 0 Å². The van der Waals surface area contributed by atoms with Crippen molar-refractivity contribution in [3.05, 3.63) is 0 Å². The van der Waals surface area contributed by atoms with E-state index in [-0.39, 0.29) is 18.6 Å². The molecular formula is C12H20BrF3O. The van der Waals surface area contributed by atoms with Crippen molar-refractivity contribution >= 4 is 15.9 Å². The zero-order valence-corrected chi connectivity index (χ0v) is 11.7. The lowest BCUT2D eigenvalue weighted by Crippen LogP contribution is -2.39. The third-order valence-corrected chi connectivity index (χ3v) is 4.33. The SMILES string of the molecule is CC1CCCC(CBr)(OCCCC(F)(F)F)C1. The highest BCUT2D eigenvalue weighted by Crippen LogP contribution is 2.36. The highest BCUT2D eigenvalue weighted by atomic mass is 79.9. The highest BCUT2D eigenvalue weighted by Gasteiger charge is 2.35. The molecule has 1 aliphatic rings. The average Bonchev–Trinajstić information content (AvgIpc) is 2.23. The zero-order valence-electron chi connectivity index (χ0n) is 10.2. The first-order valence-electron chi connectivity index (χ1n) is 6.14. The minimum absolute atomic E-state index is 0.0621. The second kappa shape index (κ2) is 6.41. The van der Waals surface area contributed by atoms with Gasteiger partial charge in [0.05, 0.1) is 5.60 Å². The highest BCUT2D eigenvalue weighted by molar-refractivity contribution is 9.09. The minimum atomic E-state index is -4.06. The van der Waals surface area contributed by atoms with Gasteiger partial charge in [0, 0.05) is 18.4 Å². The zero-order chi connectivity index (χ0) is 12.9. The van der Waals surface area contributed by atoms with Gasteiger partial charge < -0.3 is 4.74 Å². The molecule has 2 unspecified atom stereocenters. The lowest BCUT2D eigenvalue weighted by molar-refractivity contribution is -0.143. The van der Waals surface area contributed by atoms with Crippen LogP contribution in [0.3, 0.4) is 0 Å². The van der Waals surface area contributed by atoms with Gasteiger partial charge in [-0.15, -0.1) is 0 Å². The maximum atomic E-state index is 12.0. The molecule has 17 heavy (non-hydrogen) atoms. The van der Waals surface area contributed by atoms with Crippen molar-refractivity contribution in [2.24, 2.45) is 5.92 Å². The number of ether oxygens (including phenoxy) is 1. The normalized spacial score (nSPS) is 30.5. The van der Waals surface area contributed by atoms with E-state index in [0.717, 1.165) is 24.6 Å². The van der Waals surface area contributed by atoms with Gasteiger partial charge in [-0.3, -0.25) is 0 Å². The summed E-state index contributed by atoms with van der Waals surface area (Å²) in [4.78, 5) is 0. The predicted octanol–water partition coefficient (Wildman–Crippen LogP) is 4.69. The van der Waals surface area contributed by atoms with Crippen LogP contribution < -0.4 is 0 Å². The molecule has 1 rings (SSSR count). The Morgan fingerprint density at radius 1 is 1.41 bits per heavy atom. The Kier molecular flexibility index (Phi) is 5.77. The number of hydrogen-bond donors (Lipinski definition) is 0. The standard InChI is InChI=1S/C12H20BrF3O/c1-10-4-2-5-11(8-10,9-13)17-7-3-6-12(14,15)16/h10H,2-9H2,1H3. The van der Waals surface area contributed by atoms with Crippen LogP contribution in [0.1, 0.15) is 45.4 Å². The van der Waals surface area contributed by atoms with Crippen LogP contribution in [-0.2, 0) is 4.74 Å². The van der Waals surface area contributed by atoms with Crippen LogP contribution in [0, 0.1) is 5.92 Å². The molecular weight excluding hydrogens is 297 g/mol. The van der Waals surface area contributed by atoms with Crippen LogP contribution in [0.15, 0.2) is 0 Å². The summed E-state index contributed by atoms with van der Waals surface area (Å²) in [6, 6.07) is 0. The van der Waals surface area contributed by atoms with Crippen LogP contribution in [-0.4, -0.2) is 23.7 Å². The van der Waals surface area contributed by atoms with Crippen LogP contribution in [0.25, 0.3) is 0 Å². The van der Waals surface area contributed by atoms with Crippen molar-refractivity contribution in [2.45, 2.75) is 57.2 Å². The third kappa shape index (κ3) is 5.60. The topological polar surface area (TPSA) is 9.23 Å². The third-order valence-electron chi connectivity index (χ3n) is 3.31. The van der Waals surface area contributed by atoms with E-state index in [1.54, 1.807) is 0 Å². The molecule has 0 radical (unpaired) electrons. The summed E-state index contributed by atoms with van der Waals surface area (Å²) >= 11 is 3.44. The van der Waals surface area contributed by atoms with Gasteiger partial charge in [-0.1, -0.05) is 35.7 Å². The Hall–Kier alpha value is 0.230. The molecule has 1 fully saturated rings. The molecule has 0 spiro atoms. The number of rotatable bonds is 5. The van der Waals surface area contributed by atoms with Crippen molar-refractivity contribution < 1.29 is 17.9 Å². The van der Waals surface area contributed by atoms with E-state index in [1.165, 1.54) is 6.42 Å². The molecule has 0 bridgehead atoms. The molecule has 5 heteroatoms. The predicted molar refractivity (Wildman–Crippen MR) is 65.4 cm³/mol. The van der Waals surface area contributed by atoms with Crippen molar-refractivity contribution in [1.29, 1.82) is 0 Å². The van der Waals surface area contributed by atoms with Crippen molar-refractivity contribution in [1.82, 2.24) is 0 Å². The van der Waals surface area contributed by atoms with Gasteiger partial charge in [0.2, 0.25) is 0 Å². The first-order valence-corrected chi connectivity index (χ1v) is 7.26. The van der Waals surface area contributed by atoms with Gasteiger partial charge >= 0.3 is 6.18 Å². The summed E-state index contributed by atoms with van der Waals surface area (Å²) in [6.45, 7) is 2.38. The fraction of sp³-hybridized carbons (Fsp3) is 1.00. The molecule has 0 amide bonds. The van der Waals surface area contributed by atoms with E-state index < -0.39 is 12.6 Å². The monoisotopic (exact) mass is 316 g/mol. The Labute approximate surface area is 109 Å². The van der Waals surface area contributed by atoms with Gasteiger partial charge in [0.1, 0.15) is 0 Å². The summed E-state index contributed by atoms with van der Waals surface area (Å²) in [6.07, 6.45) is -0.552. The molecule has 0 aromatic rings. The lowest BCUT2D eigenvalue weighted by Gasteiger charge is -2.38. The maximum absolute atomic E-state index is 12.0. The molecule has 0 aromatic heterocycles. The molecule has 0 N–H and O–H groups in total. The summed E-state index contributed by atoms with van der Waals surface area (Å²) in [5.41, 5.74) is -0.233. The smallest absolute Gasteiger partial charge is 0.374 e. The van der Waals surface area contributed by atoms with Crippen molar-refractivity contribution in [3.8, 4) is 0 Å². The summed E-state index contributed by atoms with van der Waals surface area (Å²) in [5, 5.41) is 0.719. The fourth-order valence-electron chi connectivity index (χ4n) is 2.46. The number of halogens is 4. The van der Waals surface area contributed by atoms with Gasteiger partial charge in [-0.05, 0) is 25.2 Å². The summed E-state index contributed by atoms with van der Waals surface area (Å²) in [5.74, 6) is 0.601. The van der Waals surface area contributed by atoms with E-state index in [4.69, 9.17) is 4.74 Å². The van der Waals surface area contributed by atoms with E-state index in [1.807, 2.05) is 0 Å². The molecule has 1 nitrogen and oxygen atoms in total. The number of hydrogen-bond acceptors (Lipinski definition) is 1. The Morgan fingerprint density at radius 3 is 2.65 bits per heavy atom. The van der Waals surface area contributed by atoms with E-state index >= 15 is 0 Å². The average molecular weight is 317 g/mol. The quantitative estimate of drug-likeness (QED) is 0.528. The van der Waals surface area contributed by atoms with Crippen molar-refractivity contribution in [3.63, 3.8) is 0 Å². The summed E-state index contributed by atoms with van der Waals surface area (Å²) in [7, 11) is 0. The largest absolute Gasteiger partial charge is 0.389 e. The Balaban J connectivity index is 2.31. The first kappa shape index (κ1) is 15.3. The van der Waals surface area contributed by atoms with Crippen molar-refractivity contribution in [2.75, 3.05) is 11.9 Å². The molecule has 0 heterocycles. The van der Waals surface area contributed by atoms with E-state index in [2.05, 4.69) is 22.9 Å². The number of alkyl halides is 4. The van der Waals surface area contributed by atoms with Gasteiger partial charge in [-0.25, -0.2) is 0 Å². The molecule has 2 atom stereocenters. The molecule has 1 aliphatic carbocycles.